The number of rotatable bonds is 5. The number of hydrogen-bond donors (Lipinski definition) is 1. The van der Waals surface area contributed by atoms with Gasteiger partial charge in [-0.2, -0.15) is 0 Å². The maximum atomic E-state index is 12.5. The lowest BCUT2D eigenvalue weighted by Crippen LogP contribution is -2.51. The van der Waals surface area contributed by atoms with Gasteiger partial charge in [-0.3, -0.25) is 9.59 Å². The summed E-state index contributed by atoms with van der Waals surface area (Å²) < 4.78 is 1.03. The van der Waals surface area contributed by atoms with Crippen LogP contribution in [0.15, 0.2) is 57.6 Å². The van der Waals surface area contributed by atoms with Crippen LogP contribution in [0.3, 0.4) is 0 Å². The summed E-state index contributed by atoms with van der Waals surface area (Å²) in [6.07, 6.45) is 1.78. The van der Waals surface area contributed by atoms with Gasteiger partial charge >= 0.3 is 0 Å². The fourth-order valence-corrected chi connectivity index (χ4v) is 4.80. The topological polar surface area (TPSA) is 69.3 Å². The molecule has 3 aromatic rings. The van der Waals surface area contributed by atoms with Crippen LogP contribution in [0.25, 0.3) is 11.3 Å². The molecule has 0 atom stereocenters. The lowest BCUT2D eigenvalue weighted by Gasteiger charge is -2.34. The third kappa shape index (κ3) is 4.91. The monoisotopic (exact) mass is 490 g/mol. The Morgan fingerprint density at radius 1 is 1.10 bits per heavy atom. The van der Waals surface area contributed by atoms with E-state index >= 15 is 0 Å². The van der Waals surface area contributed by atoms with Crippen LogP contribution < -0.4 is 0 Å². The molecule has 1 aliphatic rings. The molecule has 0 saturated carbocycles. The third-order valence-electron chi connectivity index (χ3n) is 4.69. The number of benzene rings is 1. The number of aromatic amines is 1. The third-order valence-corrected chi connectivity index (χ3v) is 6.95. The molecule has 6 nitrogen and oxygen atoms in total. The van der Waals surface area contributed by atoms with E-state index in [2.05, 4.69) is 25.9 Å². The highest BCUT2D eigenvalue weighted by molar-refractivity contribution is 9.10. The number of carbonyl (C=O) groups excluding carboxylic acids is 2. The van der Waals surface area contributed by atoms with Gasteiger partial charge in [-0.25, -0.2) is 4.98 Å². The van der Waals surface area contributed by atoms with Crippen LogP contribution in [0.4, 0.5) is 0 Å². The number of nitrogens with zero attached hydrogens (tertiary/aromatic N) is 3. The van der Waals surface area contributed by atoms with Crippen molar-refractivity contribution < 1.29 is 9.59 Å². The molecule has 150 valence electrons. The molecule has 0 radical (unpaired) electrons. The van der Waals surface area contributed by atoms with Crippen LogP contribution >= 0.6 is 39.0 Å². The van der Waals surface area contributed by atoms with Crippen molar-refractivity contribution in [1.29, 1.82) is 0 Å². The van der Waals surface area contributed by atoms with Gasteiger partial charge < -0.3 is 14.8 Å². The Bertz CT molecular complexity index is 980. The largest absolute Gasteiger partial charge is 0.338 e. The molecule has 1 aromatic carbocycles. The zero-order valence-electron chi connectivity index (χ0n) is 15.5. The van der Waals surface area contributed by atoms with E-state index < -0.39 is 0 Å². The second-order valence-corrected chi connectivity index (χ2v) is 9.38. The average molecular weight is 491 g/mol. The molecule has 9 heteroatoms. The summed E-state index contributed by atoms with van der Waals surface area (Å²) in [4.78, 5) is 37.0. The Hall–Kier alpha value is -2.10. The maximum Gasteiger partial charge on any atom is 0.264 e. The fourth-order valence-electron chi connectivity index (χ4n) is 3.09. The number of thiophene rings is 1. The molecule has 0 aliphatic carbocycles. The van der Waals surface area contributed by atoms with Crippen LogP contribution in [-0.4, -0.2) is 63.5 Å². The van der Waals surface area contributed by atoms with E-state index in [1.54, 1.807) is 6.20 Å². The van der Waals surface area contributed by atoms with Crippen LogP contribution in [0.5, 0.6) is 0 Å². The van der Waals surface area contributed by atoms with Gasteiger partial charge in [0.25, 0.3) is 5.91 Å². The van der Waals surface area contributed by atoms with Gasteiger partial charge in [-0.05, 0) is 29.1 Å². The lowest BCUT2D eigenvalue weighted by atomic mass is 10.2. The minimum Gasteiger partial charge on any atom is -0.338 e. The number of carbonyl (C=O) groups is 2. The first-order valence-electron chi connectivity index (χ1n) is 9.14. The molecule has 1 saturated heterocycles. The first-order chi connectivity index (χ1) is 14.1. The predicted octanol–water partition coefficient (Wildman–Crippen LogP) is 3.98. The summed E-state index contributed by atoms with van der Waals surface area (Å²) in [7, 11) is 0. The number of halogens is 1. The van der Waals surface area contributed by atoms with Crippen molar-refractivity contribution >= 4 is 50.8 Å². The van der Waals surface area contributed by atoms with Gasteiger partial charge in [0.1, 0.15) is 0 Å². The van der Waals surface area contributed by atoms with Crippen molar-refractivity contribution in [1.82, 2.24) is 19.8 Å². The SMILES string of the molecule is O=C(CSc1ncc(-c2ccc(Br)cc2)[nH]1)N1CCN(C(=O)c2cccs2)CC1. The lowest BCUT2D eigenvalue weighted by molar-refractivity contribution is -0.129. The van der Waals surface area contributed by atoms with Crippen LogP contribution in [0, 0.1) is 0 Å². The van der Waals surface area contributed by atoms with E-state index in [0.29, 0.717) is 31.9 Å². The molecule has 1 N–H and O–H groups in total. The molecule has 1 fully saturated rings. The number of imidazole rings is 1. The zero-order valence-corrected chi connectivity index (χ0v) is 18.7. The number of nitrogens with one attached hydrogen (secondary N) is 1. The molecule has 4 rings (SSSR count). The minimum atomic E-state index is 0.0533. The highest BCUT2D eigenvalue weighted by Crippen LogP contribution is 2.23. The van der Waals surface area contributed by atoms with Crippen LogP contribution in [0.1, 0.15) is 9.67 Å². The summed E-state index contributed by atoms with van der Waals surface area (Å²) >= 11 is 6.28. The van der Waals surface area contributed by atoms with Crippen molar-refractivity contribution in [2.24, 2.45) is 0 Å². The Morgan fingerprint density at radius 3 is 2.52 bits per heavy atom. The standard InChI is InChI=1S/C20H19BrN4O2S2/c21-15-5-3-14(4-6-15)16-12-22-20(23-16)29-13-18(26)24-7-9-25(10-8-24)19(27)17-2-1-11-28-17/h1-6,11-12H,7-10,13H2,(H,22,23). The van der Waals surface area contributed by atoms with Crippen molar-refractivity contribution in [3.8, 4) is 11.3 Å². The predicted molar refractivity (Wildman–Crippen MR) is 119 cm³/mol. The minimum absolute atomic E-state index is 0.0533. The molecule has 0 spiro atoms. The van der Waals surface area contributed by atoms with E-state index in [1.165, 1.54) is 23.1 Å². The summed E-state index contributed by atoms with van der Waals surface area (Å²) in [6.45, 7) is 2.28. The Kier molecular flexibility index (Phi) is 6.37. The maximum absolute atomic E-state index is 12.5. The normalized spacial score (nSPS) is 14.2. The highest BCUT2D eigenvalue weighted by Gasteiger charge is 2.25. The van der Waals surface area contributed by atoms with Crippen molar-refractivity contribution in [3.05, 3.63) is 57.3 Å². The number of aromatic nitrogens is 2. The number of piperazine rings is 1. The summed E-state index contributed by atoms with van der Waals surface area (Å²) in [5, 5.41) is 2.63. The van der Waals surface area contributed by atoms with Gasteiger partial charge in [-0.1, -0.05) is 45.9 Å². The number of amides is 2. The summed E-state index contributed by atoms with van der Waals surface area (Å²) in [6, 6.07) is 11.7. The molecular weight excluding hydrogens is 472 g/mol. The number of thioether (sulfide) groups is 1. The Morgan fingerprint density at radius 2 is 1.83 bits per heavy atom. The molecule has 2 amide bonds. The molecular formula is C20H19BrN4O2S2. The Labute approximate surface area is 185 Å². The van der Waals surface area contributed by atoms with E-state index in [9.17, 15) is 9.59 Å². The van der Waals surface area contributed by atoms with E-state index in [4.69, 9.17) is 0 Å². The molecule has 0 bridgehead atoms. The van der Waals surface area contributed by atoms with E-state index in [0.717, 1.165) is 25.8 Å². The molecule has 1 aliphatic heterocycles. The first kappa shape index (κ1) is 20.2. The smallest absolute Gasteiger partial charge is 0.264 e. The molecule has 0 unspecified atom stereocenters. The molecule has 2 aromatic heterocycles. The van der Waals surface area contributed by atoms with Crippen molar-refractivity contribution in [3.63, 3.8) is 0 Å². The highest BCUT2D eigenvalue weighted by atomic mass is 79.9. The van der Waals surface area contributed by atoms with Crippen molar-refractivity contribution in [2.45, 2.75) is 5.16 Å². The average Bonchev–Trinajstić information content (AvgIpc) is 3.44. The van der Waals surface area contributed by atoms with E-state index in [-0.39, 0.29) is 11.8 Å². The second kappa shape index (κ2) is 9.15. The van der Waals surface area contributed by atoms with Crippen LogP contribution in [-0.2, 0) is 4.79 Å². The second-order valence-electron chi connectivity index (χ2n) is 6.55. The van der Waals surface area contributed by atoms with Gasteiger partial charge in [0.15, 0.2) is 5.16 Å². The van der Waals surface area contributed by atoms with Gasteiger partial charge in [0.05, 0.1) is 22.5 Å². The quantitative estimate of drug-likeness (QED) is 0.549. The van der Waals surface area contributed by atoms with Gasteiger partial charge in [0, 0.05) is 30.7 Å². The zero-order chi connectivity index (χ0) is 20.2. The van der Waals surface area contributed by atoms with Crippen molar-refractivity contribution in [2.75, 3.05) is 31.9 Å². The number of H-pyrrole nitrogens is 1. The molecule has 3 heterocycles. The van der Waals surface area contributed by atoms with Crippen LogP contribution in [0.2, 0.25) is 0 Å². The van der Waals surface area contributed by atoms with Gasteiger partial charge in [-0.15, -0.1) is 11.3 Å². The molecule has 29 heavy (non-hydrogen) atoms. The van der Waals surface area contributed by atoms with Gasteiger partial charge in [0.2, 0.25) is 5.91 Å². The Balaban J connectivity index is 1.26. The van der Waals surface area contributed by atoms with E-state index in [1.807, 2.05) is 51.6 Å². The number of hydrogen-bond acceptors (Lipinski definition) is 5. The first-order valence-corrected chi connectivity index (χ1v) is 11.8. The summed E-state index contributed by atoms with van der Waals surface area (Å²) in [5.41, 5.74) is 1.97. The fraction of sp³-hybridized carbons (Fsp3) is 0.250. The summed E-state index contributed by atoms with van der Waals surface area (Å²) in [5.74, 6) is 0.448.